The monoisotopic (exact) mass is 394 g/mol. The fourth-order valence-corrected chi connectivity index (χ4v) is 4.28. The van der Waals surface area contributed by atoms with E-state index in [0.29, 0.717) is 23.8 Å². The summed E-state index contributed by atoms with van der Waals surface area (Å²) >= 11 is 1.40. The molecular weight excluding hydrogens is 372 g/mol. The topological polar surface area (TPSA) is 71.2 Å². The normalized spacial score (nSPS) is 13.0. The van der Waals surface area contributed by atoms with Crippen molar-refractivity contribution in [3.05, 3.63) is 66.0 Å². The predicted molar refractivity (Wildman–Crippen MR) is 110 cm³/mol. The quantitative estimate of drug-likeness (QED) is 0.624. The molecule has 0 saturated heterocycles. The Labute approximate surface area is 168 Å². The van der Waals surface area contributed by atoms with Crippen molar-refractivity contribution < 1.29 is 9.90 Å². The third kappa shape index (κ3) is 3.81. The van der Waals surface area contributed by atoms with E-state index in [-0.39, 0.29) is 12.5 Å². The lowest BCUT2D eigenvalue weighted by atomic mass is 10.2. The van der Waals surface area contributed by atoms with Crippen LogP contribution in [0.15, 0.2) is 59.8 Å². The molecule has 3 aromatic rings. The molecule has 0 saturated carbocycles. The third-order valence-electron chi connectivity index (χ3n) is 4.79. The molecule has 1 aromatic heterocycles. The van der Waals surface area contributed by atoms with Crippen LogP contribution in [0.2, 0.25) is 0 Å². The molecule has 1 amide bonds. The number of nitrogens with zero attached hydrogens (tertiary/aromatic N) is 4. The number of anilines is 1. The van der Waals surface area contributed by atoms with Gasteiger partial charge in [0.2, 0.25) is 5.91 Å². The molecule has 0 bridgehead atoms. The summed E-state index contributed by atoms with van der Waals surface area (Å²) < 4.78 is 1.98. The first-order valence-corrected chi connectivity index (χ1v) is 10.4. The van der Waals surface area contributed by atoms with Crippen LogP contribution in [0.5, 0.6) is 0 Å². The highest BCUT2D eigenvalue weighted by Crippen LogP contribution is 2.29. The molecule has 28 heavy (non-hydrogen) atoms. The van der Waals surface area contributed by atoms with Gasteiger partial charge in [-0.15, -0.1) is 10.2 Å². The second-order valence-electron chi connectivity index (χ2n) is 6.61. The molecule has 144 valence electrons. The summed E-state index contributed by atoms with van der Waals surface area (Å²) in [6.07, 6.45) is 2.16. The Hall–Kier alpha value is -2.64. The molecular formula is C21H22N4O2S. The van der Waals surface area contributed by atoms with E-state index in [1.165, 1.54) is 17.3 Å². The number of rotatable bonds is 7. The van der Waals surface area contributed by atoms with Crippen molar-refractivity contribution in [1.29, 1.82) is 0 Å². The van der Waals surface area contributed by atoms with Crippen LogP contribution < -0.4 is 4.90 Å². The lowest BCUT2D eigenvalue weighted by Crippen LogP contribution is -2.30. The first kappa shape index (κ1) is 18.7. The van der Waals surface area contributed by atoms with Gasteiger partial charge in [-0.1, -0.05) is 48.2 Å². The summed E-state index contributed by atoms with van der Waals surface area (Å²) in [5, 5.41) is 18.5. The maximum Gasteiger partial charge on any atom is 0.237 e. The Balaban J connectivity index is 1.52. The lowest BCUT2D eigenvalue weighted by molar-refractivity contribution is -0.116. The van der Waals surface area contributed by atoms with Crippen LogP contribution in [-0.4, -0.2) is 44.7 Å². The smallest absolute Gasteiger partial charge is 0.237 e. The van der Waals surface area contributed by atoms with Gasteiger partial charge in [0, 0.05) is 30.9 Å². The van der Waals surface area contributed by atoms with E-state index in [0.717, 1.165) is 30.2 Å². The van der Waals surface area contributed by atoms with E-state index in [4.69, 9.17) is 5.11 Å². The van der Waals surface area contributed by atoms with Gasteiger partial charge in [-0.2, -0.15) is 0 Å². The maximum absolute atomic E-state index is 12.8. The predicted octanol–water partition coefficient (Wildman–Crippen LogP) is 2.87. The third-order valence-corrected chi connectivity index (χ3v) is 5.70. The number of thioether (sulfide) groups is 1. The number of benzene rings is 2. The Kier molecular flexibility index (Phi) is 5.73. The van der Waals surface area contributed by atoms with Crippen LogP contribution in [0.25, 0.3) is 5.69 Å². The zero-order chi connectivity index (χ0) is 19.3. The molecule has 1 aliphatic heterocycles. The zero-order valence-corrected chi connectivity index (χ0v) is 16.3. The van der Waals surface area contributed by atoms with Crippen molar-refractivity contribution in [3.63, 3.8) is 0 Å². The summed E-state index contributed by atoms with van der Waals surface area (Å²) in [7, 11) is 0. The van der Waals surface area contributed by atoms with Gasteiger partial charge < -0.3 is 10.0 Å². The average Bonchev–Trinajstić information content (AvgIpc) is 3.35. The van der Waals surface area contributed by atoms with E-state index in [2.05, 4.69) is 16.3 Å². The summed E-state index contributed by atoms with van der Waals surface area (Å²) in [5.74, 6) is 1.18. The molecule has 0 fully saturated rings. The Morgan fingerprint density at radius 3 is 2.68 bits per heavy atom. The Bertz CT molecular complexity index is 958. The molecule has 4 rings (SSSR count). The molecule has 0 radical (unpaired) electrons. The average molecular weight is 395 g/mol. The number of fused-ring (bicyclic) bond motifs is 1. The fourth-order valence-electron chi connectivity index (χ4n) is 3.43. The highest BCUT2D eigenvalue weighted by Gasteiger charge is 2.25. The molecule has 7 heteroatoms. The summed E-state index contributed by atoms with van der Waals surface area (Å²) in [6.45, 7) is 0.836. The van der Waals surface area contributed by atoms with E-state index >= 15 is 0 Å². The van der Waals surface area contributed by atoms with Crippen LogP contribution >= 0.6 is 11.8 Å². The zero-order valence-electron chi connectivity index (χ0n) is 15.5. The maximum atomic E-state index is 12.8. The van der Waals surface area contributed by atoms with Gasteiger partial charge in [0.25, 0.3) is 0 Å². The number of aryl methyl sites for hydroxylation is 1. The largest absolute Gasteiger partial charge is 0.396 e. The van der Waals surface area contributed by atoms with Crippen molar-refractivity contribution >= 4 is 23.4 Å². The summed E-state index contributed by atoms with van der Waals surface area (Å²) in [4.78, 5) is 14.7. The fraction of sp³-hybridized carbons (Fsp3) is 0.286. The number of aliphatic hydroxyl groups is 1. The van der Waals surface area contributed by atoms with Gasteiger partial charge in [-0.25, -0.2) is 0 Å². The lowest BCUT2D eigenvalue weighted by Gasteiger charge is -2.17. The molecule has 1 N–H and O–H groups in total. The van der Waals surface area contributed by atoms with Gasteiger partial charge in [0.1, 0.15) is 5.82 Å². The van der Waals surface area contributed by atoms with Crippen molar-refractivity contribution in [3.8, 4) is 5.69 Å². The number of hydrogen-bond donors (Lipinski definition) is 1. The highest BCUT2D eigenvalue weighted by atomic mass is 32.2. The second kappa shape index (κ2) is 8.58. The number of aliphatic hydroxyl groups excluding tert-OH is 1. The minimum atomic E-state index is 0.0782. The number of carbonyl (C=O) groups excluding carboxylic acids is 1. The molecule has 2 aromatic carbocycles. The Morgan fingerprint density at radius 1 is 1.07 bits per heavy atom. The number of amides is 1. The molecule has 0 unspecified atom stereocenters. The van der Waals surface area contributed by atoms with Gasteiger partial charge in [-0.05, 0) is 36.6 Å². The van der Waals surface area contributed by atoms with Crippen molar-refractivity contribution in [2.24, 2.45) is 0 Å². The standard InChI is InChI=1S/C21H22N4O2S/c26-14-6-11-19-22-23-21(25(19)17-8-2-1-3-9-17)28-15-20(27)24-13-12-16-7-4-5-10-18(16)24/h1-5,7-10,26H,6,11-15H2. The second-order valence-corrected chi connectivity index (χ2v) is 7.55. The summed E-state index contributed by atoms with van der Waals surface area (Å²) in [6, 6.07) is 17.9. The van der Waals surface area contributed by atoms with E-state index in [1.807, 2.05) is 58.0 Å². The van der Waals surface area contributed by atoms with Crippen molar-refractivity contribution in [2.75, 3.05) is 23.8 Å². The van der Waals surface area contributed by atoms with Gasteiger partial charge in [0.05, 0.1) is 5.75 Å². The SMILES string of the molecule is O=C(CSc1nnc(CCCO)n1-c1ccccc1)N1CCc2ccccc21. The molecule has 0 atom stereocenters. The number of carbonyl (C=O) groups is 1. The number of para-hydroxylation sites is 2. The van der Waals surface area contributed by atoms with Crippen LogP contribution in [0, 0.1) is 0 Å². The van der Waals surface area contributed by atoms with E-state index in [9.17, 15) is 4.79 Å². The van der Waals surface area contributed by atoms with Crippen LogP contribution in [0.4, 0.5) is 5.69 Å². The van der Waals surface area contributed by atoms with Gasteiger partial charge in [-0.3, -0.25) is 9.36 Å². The van der Waals surface area contributed by atoms with Crippen molar-refractivity contribution in [1.82, 2.24) is 14.8 Å². The molecule has 0 aliphatic carbocycles. The van der Waals surface area contributed by atoms with Crippen LogP contribution in [0.1, 0.15) is 17.8 Å². The van der Waals surface area contributed by atoms with E-state index in [1.54, 1.807) is 0 Å². The minimum Gasteiger partial charge on any atom is -0.396 e. The van der Waals surface area contributed by atoms with Crippen molar-refractivity contribution in [2.45, 2.75) is 24.4 Å². The first-order chi connectivity index (χ1) is 13.8. The molecule has 2 heterocycles. The first-order valence-electron chi connectivity index (χ1n) is 9.39. The molecule has 0 spiro atoms. The van der Waals surface area contributed by atoms with Crippen LogP contribution in [0.3, 0.4) is 0 Å². The van der Waals surface area contributed by atoms with Gasteiger partial charge in [0.15, 0.2) is 5.16 Å². The Morgan fingerprint density at radius 2 is 1.86 bits per heavy atom. The summed E-state index contributed by atoms with van der Waals surface area (Å²) in [5.41, 5.74) is 3.20. The minimum absolute atomic E-state index is 0.0782. The molecule has 1 aliphatic rings. The van der Waals surface area contributed by atoms with Crippen LogP contribution in [-0.2, 0) is 17.6 Å². The van der Waals surface area contributed by atoms with E-state index < -0.39 is 0 Å². The molecule has 6 nitrogen and oxygen atoms in total. The highest BCUT2D eigenvalue weighted by molar-refractivity contribution is 7.99. The number of aromatic nitrogens is 3. The van der Waals surface area contributed by atoms with Gasteiger partial charge >= 0.3 is 0 Å². The number of hydrogen-bond acceptors (Lipinski definition) is 5.